The van der Waals surface area contributed by atoms with E-state index in [1.807, 2.05) is 63.6 Å². The SMILES string of the molecule is CN1CC(c2cc(-c3ccc(N4CCN(C(=O)OC(C)(C)C)CC4)cn3)c3c(C#N)cnn3c2)C=N1. The number of amides is 1. The Labute approximate surface area is 210 Å². The first-order valence-corrected chi connectivity index (χ1v) is 12.1. The Kier molecular flexibility index (Phi) is 6.00. The van der Waals surface area contributed by atoms with Gasteiger partial charge in [-0.1, -0.05) is 0 Å². The van der Waals surface area contributed by atoms with Gasteiger partial charge in [-0.2, -0.15) is 15.5 Å². The lowest BCUT2D eigenvalue weighted by Crippen LogP contribution is -2.50. The highest BCUT2D eigenvalue weighted by molar-refractivity contribution is 5.84. The number of hydrogen-bond donors (Lipinski definition) is 0. The molecule has 1 fully saturated rings. The maximum atomic E-state index is 12.4. The number of carbonyl (C=O) groups is 1. The molecule has 3 aromatic rings. The lowest BCUT2D eigenvalue weighted by molar-refractivity contribution is 0.0240. The summed E-state index contributed by atoms with van der Waals surface area (Å²) in [6, 6.07) is 8.37. The number of nitriles is 1. The summed E-state index contributed by atoms with van der Waals surface area (Å²) in [4.78, 5) is 21.1. The Morgan fingerprint density at radius 3 is 2.56 bits per heavy atom. The van der Waals surface area contributed by atoms with Gasteiger partial charge in [0.15, 0.2) is 0 Å². The fourth-order valence-corrected chi connectivity index (χ4v) is 4.59. The highest BCUT2D eigenvalue weighted by atomic mass is 16.6. The van der Waals surface area contributed by atoms with E-state index < -0.39 is 5.60 Å². The average molecular weight is 487 g/mol. The van der Waals surface area contributed by atoms with E-state index in [4.69, 9.17) is 9.72 Å². The van der Waals surface area contributed by atoms with E-state index in [9.17, 15) is 10.1 Å². The van der Waals surface area contributed by atoms with Crippen molar-refractivity contribution in [3.05, 3.63) is 47.9 Å². The number of rotatable bonds is 3. The van der Waals surface area contributed by atoms with Crippen LogP contribution in [-0.4, -0.2) is 82.2 Å². The van der Waals surface area contributed by atoms with Gasteiger partial charge < -0.3 is 14.5 Å². The van der Waals surface area contributed by atoms with Crippen molar-refractivity contribution < 1.29 is 9.53 Å². The average Bonchev–Trinajstić information content (AvgIpc) is 3.48. The van der Waals surface area contributed by atoms with E-state index in [1.165, 1.54) is 0 Å². The van der Waals surface area contributed by atoms with Gasteiger partial charge in [0.1, 0.15) is 11.7 Å². The fourth-order valence-electron chi connectivity index (χ4n) is 4.59. The molecule has 2 aliphatic rings. The smallest absolute Gasteiger partial charge is 0.410 e. The predicted molar refractivity (Wildman–Crippen MR) is 137 cm³/mol. The first-order chi connectivity index (χ1) is 17.2. The van der Waals surface area contributed by atoms with Gasteiger partial charge in [-0.3, -0.25) is 9.99 Å². The lowest BCUT2D eigenvalue weighted by Gasteiger charge is -2.36. The molecule has 1 unspecified atom stereocenters. The zero-order chi connectivity index (χ0) is 25.4. The first-order valence-electron chi connectivity index (χ1n) is 12.1. The fraction of sp³-hybridized carbons (Fsp3) is 0.423. The molecule has 0 radical (unpaired) electrons. The summed E-state index contributed by atoms with van der Waals surface area (Å²) in [5.74, 6) is 0.147. The number of pyridine rings is 2. The Morgan fingerprint density at radius 1 is 1.17 bits per heavy atom. The van der Waals surface area contributed by atoms with Crippen molar-refractivity contribution in [1.29, 1.82) is 5.26 Å². The summed E-state index contributed by atoms with van der Waals surface area (Å²) < 4.78 is 7.26. The van der Waals surface area contributed by atoms with E-state index in [2.05, 4.69) is 27.2 Å². The second-order valence-corrected chi connectivity index (χ2v) is 10.2. The standard InChI is InChI=1S/C26H30N8O2/c1-26(2,3)36-25(35)33-9-7-32(8-10-33)21-5-6-23(28-15-21)22-11-18(20-14-29-31(4)16-20)17-34-24(22)19(12-27)13-30-34/h5-6,11,13-15,17,20H,7-10,16H2,1-4H3. The number of hydrogen-bond acceptors (Lipinski definition) is 8. The quantitative estimate of drug-likeness (QED) is 0.559. The van der Waals surface area contributed by atoms with E-state index >= 15 is 0 Å². The molecule has 1 atom stereocenters. The Hall–Kier alpha value is -4.13. The van der Waals surface area contributed by atoms with Gasteiger partial charge in [-0.05, 0) is 44.5 Å². The lowest BCUT2D eigenvalue weighted by atomic mass is 9.98. The molecule has 10 nitrogen and oxygen atoms in total. The van der Waals surface area contributed by atoms with Crippen LogP contribution in [0.4, 0.5) is 10.5 Å². The molecule has 3 aromatic heterocycles. The molecule has 5 rings (SSSR count). The van der Waals surface area contributed by atoms with Crippen LogP contribution in [0.3, 0.4) is 0 Å². The minimum absolute atomic E-state index is 0.147. The van der Waals surface area contributed by atoms with Crippen LogP contribution in [-0.2, 0) is 4.74 Å². The van der Waals surface area contributed by atoms with E-state index in [0.717, 1.165) is 34.6 Å². The molecule has 0 aromatic carbocycles. The van der Waals surface area contributed by atoms with Gasteiger partial charge in [-0.25, -0.2) is 9.31 Å². The van der Waals surface area contributed by atoms with Gasteiger partial charge in [0.2, 0.25) is 0 Å². The van der Waals surface area contributed by atoms with Crippen LogP contribution in [0.2, 0.25) is 0 Å². The van der Waals surface area contributed by atoms with Crippen molar-refractivity contribution >= 4 is 23.5 Å². The minimum atomic E-state index is -0.502. The molecule has 2 aliphatic heterocycles. The van der Waals surface area contributed by atoms with Crippen LogP contribution in [0.25, 0.3) is 16.8 Å². The summed E-state index contributed by atoms with van der Waals surface area (Å²) >= 11 is 0. The van der Waals surface area contributed by atoms with Crippen molar-refractivity contribution in [2.24, 2.45) is 5.10 Å². The number of ether oxygens (including phenoxy) is 1. The van der Waals surface area contributed by atoms with Crippen LogP contribution in [0.1, 0.15) is 37.8 Å². The molecule has 5 heterocycles. The van der Waals surface area contributed by atoms with Crippen molar-refractivity contribution in [2.75, 3.05) is 44.7 Å². The highest BCUT2D eigenvalue weighted by Gasteiger charge is 2.26. The Morgan fingerprint density at radius 2 is 1.94 bits per heavy atom. The van der Waals surface area contributed by atoms with Crippen LogP contribution < -0.4 is 4.90 Å². The largest absolute Gasteiger partial charge is 0.444 e. The summed E-state index contributed by atoms with van der Waals surface area (Å²) in [6.45, 7) is 9.02. The first kappa shape index (κ1) is 23.6. The Bertz CT molecular complexity index is 1340. The van der Waals surface area contributed by atoms with Gasteiger partial charge in [0.05, 0.1) is 34.9 Å². The third kappa shape index (κ3) is 4.69. The normalized spacial score (nSPS) is 18.1. The number of nitrogens with zero attached hydrogens (tertiary/aromatic N) is 8. The number of hydrazone groups is 1. The molecule has 0 aliphatic carbocycles. The number of piperazine rings is 1. The highest BCUT2D eigenvalue weighted by Crippen LogP contribution is 2.31. The second kappa shape index (κ2) is 9.15. The number of likely N-dealkylation sites (N-methyl/N-ethyl adjacent to an activating group) is 1. The summed E-state index contributed by atoms with van der Waals surface area (Å²) in [5, 5.41) is 20.4. The van der Waals surface area contributed by atoms with Gasteiger partial charge in [0, 0.05) is 63.7 Å². The second-order valence-electron chi connectivity index (χ2n) is 10.2. The molecule has 0 N–H and O–H groups in total. The van der Waals surface area contributed by atoms with E-state index in [-0.39, 0.29) is 12.0 Å². The summed E-state index contributed by atoms with van der Waals surface area (Å²) in [6.07, 6.45) is 7.08. The maximum absolute atomic E-state index is 12.4. The summed E-state index contributed by atoms with van der Waals surface area (Å²) in [5.41, 5.74) is 4.46. The molecule has 0 saturated carbocycles. The number of aromatic nitrogens is 3. The zero-order valence-corrected chi connectivity index (χ0v) is 21.0. The van der Waals surface area contributed by atoms with Crippen LogP contribution in [0, 0.1) is 11.3 Å². The third-order valence-electron chi connectivity index (χ3n) is 6.41. The number of carbonyl (C=O) groups excluding carboxylic acids is 1. The van der Waals surface area contributed by atoms with Crippen LogP contribution in [0.15, 0.2) is 41.9 Å². The van der Waals surface area contributed by atoms with Crippen LogP contribution >= 0.6 is 0 Å². The molecule has 10 heteroatoms. The molecule has 0 spiro atoms. The third-order valence-corrected chi connectivity index (χ3v) is 6.41. The van der Waals surface area contributed by atoms with Crippen molar-refractivity contribution in [3.63, 3.8) is 0 Å². The molecule has 0 bridgehead atoms. The number of fused-ring (bicyclic) bond motifs is 1. The minimum Gasteiger partial charge on any atom is -0.444 e. The molecule has 1 amide bonds. The zero-order valence-electron chi connectivity index (χ0n) is 21.0. The van der Waals surface area contributed by atoms with E-state index in [0.29, 0.717) is 31.7 Å². The van der Waals surface area contributed by atoms with E-state index in [1.54, 1.807) is 15.6 Å². The Balaban J connectivity index is 1.37. The maximum Gasteiger partial charge on any atom is 0.410 e. The van der Waals surface area contributed by atoms with Gasteiger partial charge in [0.25, 0.3) is 0 Å². The van der Waals surface area contributed by atoms with Gasteiger partial charge in [-0.15, -0.1) is 0 Å². The molecule has 186 valence electrons. The molecular formula is C26H30N8O2. The van der Waals surface area contributed by atoms with Crippen LogP contribution in [0.5, 0.6) is 0 Å². The monoisotopic (exact) mass is 486 g/mol. The molecular weight excluding hydrogens is 456 g/mol. The molecule has 36 heavy (non-hydrogen) atoms. The predicted octanol–water partition coefficient (Wildman–Crippen LogP) is 3.34. The van der Waals surface area contributed by atoms with Crippen molar-refractivity contribution in [2.45, 2.75) is 32.3 Å². The van der Waals surface area contributed by atoms with Crippen molar-refractivity contribution in [3.8, 4) is 17.3 Å². The number of anilines is 1. The van der Waals surface area contributed by atoms with Crippen molar-refractivity contribution in [1.82, 2.24) is 24.5 Å². The topological polar surface area (TPSA) is 102 Å². The van der Waals surface area contributed by atoms with Gasteiger partial charge >= 0.3 is 6.09 Å². The molecule has 1 saturated heterocycles. The summed E-state index contributed by atoms with van der Waals surface area (Å²) in [7, 11) is 1.95.